The zero-order chi connectivity index (χ0) is 12.3. The number of aromatic nitrogens is 1. The Balaban J connectivity index is 2.16. The van der Waals surface area contributed by atoms with E-state index in [2.05, 4.69) is 11.1 Å². The van der Waals surface area contributed by atoms with Gasteiger partial charge in [0.25, 0.3) is 0 Å². The highest BCUT2D eigenvalue weighted by Gasteiger charge is 2.27. The molecule has 0 aliphatic heterocycles. The van der Waals surface area contributed by atoms with E-state index in [0.717, 1.165) is 12.8 Å². The number of carbonyl (C=O) groups is 1. The van der Waals surface area contributed by atoms with Crippen LogP contribution in [0, 0.1) is 17.2 Å². The first-order chi connectivity index (χ1) is 8.22. The monoisotopic (exact) mass is 250 g/mol. The lowest BCUT2D eigenvalue weighted by Gasteiger charge is -2.24. The Morgan fingerprint density at radius 2 is 2.24 bits per heavy atom. The summed E-state index contributed by atoms with van der Waals surface area (Å²) in [4.78, 5) is 14.8. The summed E-state index contributed by atoms with van der Waals surface area (Å²) in [5, 5.41) is 20.3. The summed E-state index contributed by atoms with van der Waals surface area (Å²) in [5.74, 6) is -0.900. The van der Waals surface area contributed by atoms with Crippen LogP contribution in [0.15, 0.2) is 5.38 Å². The number of hydrogen-bond donors (Lipinski definition) is 1. The molecule has 0 saturated heterocycles. The first-order valence-electron chi connectivity index (χ1n) is 5.80. The van der Waals surface area contributed by atoms with E-state index in [-0.39, 0.29) is 11.6 Å². The second-order valence-electron chi connectivity index (χ2n) is 4.38. The van der Waals surface area contributed by atoms with E-state index in [1.807, 2.05) is 0 Å². The lowest BCUT2D eigenvalue weighted by atomic mass is 9.81. The Morgan fingerprint density at radius 1 is 1.53 bits per heavy atom. The van der Waals surface area contributed by atoms with Crippen LogP contribution in [0.25, 0.3) is 0 Å². The van der Waals surface area contributed by atoms with Gasteiger partial charge >= 0.3 is 5.97 Å². The highest BCUT2D eigenvalue weighted by atomic mass is 32.1. The van der Waals surface area contributed by atoms with Gasteiger partial charge < -0.3 is 5.11 Å². The highest BCUT2D eigenvalue weighted by Crippen LogP contribution is 2.36. The van der Waals surface area contributed by atoms with Crippen LogP contribution in [0.1, 0.15) is 53.5 Å². The molecule has 0 amide bonds. The third kappa shape index (κ3) is 2.64. The van der Waals surface area contributed by atoms with Crippen molar-refractivity contribution in [3.8, 4) is 6.07 Å². The van der Waals surface area contributed by atoms with E-state index in [1.165, 1.54) is 36.0 Å². The molecule has 1 atom stereocenters. The van der Waals surface area contributed by atoms with Crippen molar-refractivity contribution in [3.63, 3.8) is 0 Å². The Hall–Kier alpha value is -1.41. The molecule has 2 rings (SSSR count). The quantitative estimate of drug-likeness (QED) is 0.894. The largest absolute Gasteiger partial charge is 0.476 e. The van der Waals surface area contributed by atoms with E-state index in [0.29, 0.717) is 10.9 Å². The summed E-state index contributed by atoms with van der Waals surface area (Å²) in [5.41, 5.74) is 0.0565. The van der Waals surface area contributed by atoms with Crippen molar-refractivity contribution in [3.05, 3.63) is 16.1 Å². The minimum atomic E-state index is -1.02. The van der Waals surface area contributed by atoms with E-state index in [1.54, 1.807) is 0 Å². The van der Waals surface area contributed by atoms with Crippen LogP contribution in [0.5, 0.6) is 0 Å². The average molecular weight is 250 g/mol. The predicted molar refractivity (Wildman–Crippen MR) is 64.0 cm³/mol. The first-order valence-corrected chi connectivity index (χ1v) is 6.68. The van der Waals surface area contributed by atoms with Crippen molar-refractivity contribution in [2.24, 2.45) is 5.92 Å². The Kier molecular flexibility index (Phi) is 3.75. The molecule has 0 spiro atoms. The zero-order valence-electron chi connectivity index (χ0n) is 9.43. The lowest BCUT2D eigenvalue weighted by molar-refractivity contribution is 0.0691. The molecular weight excluding hydrogens is 236 g/mol. The SMILES string of the molecule is N#CC(c1nc(C(=O)O)cs1)C1CCCCC1. The number of thiazole rings is 1. The molecule has 17 heavy (non-hydrogen) atoms. The van der Waals surface area contributed by atoms with Crippen molar-refractivity contribution in [1.82, 2.24) is 4.98 Å². The molecule has 1 aliphatic rings. The summed E-state index contributed by atoms with van der Waals surface area (Å²) >= 11 is 1.29. The van der Waals surface area contributed by atoms with Crippen molar-refractivity contribution in [2.75, 3.05) is 0 Å². The molecule has 1 fully saturated rings. The van der Waals surface area contributed by atoms with Gasteiger partial charge in [-0.2, -0.15) is 5.26 Å². The molecule has 1 aromatic rings. The van der Waals surface area contributed by atoms with Gasteiger partial charge in [0.15, 0.2) is 5.69 Å². The number of nitriles is 1. The molecule has 0 aromatic carbocycles. The molecule has 90 valence electrons. The van der Waals surface area contributed by atoms with Gasteiger partial charge in [-0.3, -0.25) is 0 Å². The van der Waals surface area contributed by atoms with Gasteiger partial charge in [0, 0.05) is 5.38 Å². The van der Waals surface area contributed by atoms with Crippen molar-refractivity contribution >= 4 is 17.3 Å². The number of nitrogens with zero attached hydrogens (tertiary/aromatic N) is 2. The summed E-state index contributed by atoms with van der Waals surface area (Å²) in [6.07, 6.45) is 5.69. The topological polar surface area (TPSA) is 74.0 Å². The molecule has 4 nitrogen and oxygen atoms in total. The molecule has 1 aromatic heterocycles. The summed E-state index contributed by atoms with van der Waals surface area (Å²) in [6.45, 7) is 0. The molecule has 1 aliphatic carbocycles. The second-order valence-corrected chi connectivity index (χ2v) is 5.27. The normalized spacial score (nSPS) is 18.5. The van der Waals surface area contributed by atoms with Crippen LogP contribution < -0.4 is 0 Å². The van der Waals surface area contributed by atoms with Crippen LogP contribution in [-0.2, 0) is 0 Å². The lowest BCUT2D eigenvalue weighted by Crippen LogP contribution is -2.15. The molecule has 1 N–H and O–H groups in total. The van der Waals surface area contributed by atoms with Gasteiger partial charge in [-0.1, -0.05) is 19.3 Å². The van der Waals surface area contributed by atoms with E-state index in [4.69, 9.17) is 5.11 Å². The van der Waals surface area contributed by atoms with Gasteiger partial charge in [0.05, 0.1) is 6.07 Å². The third-order valence-corrected chi connectivity index (χ3v) is 4.20. The Labute approximate surface area is 104 Å². The first kappa shape index (κ1) is 12.1. The molecule has 0 bridgehead atoms. The minimum Gasteiger partial charge on any atom is -0.476 e. The molecule has 1 unspecified atom stereocenters. The highest BCUT2D eigenvalue weighted by molar-refractivity contribution is 7.10. The van der Waals surface area contributed by atoms with Crippen LogP contribution in [0.3, 0.4) is 0 Å². The smallest absolute Gasteiger partial charge is 0.355 e. The number of aromatic carboxylic acids is 1. The molecule has 1 heterocycles. The summed E-state index contributed by atoms with van der Waals surface area (Å²) in [6, 6.07) is 2.30. The van der Waals surface area contributed by atoms with Crippen LogP contribution in [-0.4, -0.2) is 16.1 Å². The maximum Gasteiger partial charge on any atom is 0.355 e. The standard InChI is InChI=1S/C12H14N2O2S/c13-6-9(8-4-2-1-3-5-8)11-14-10(7-17-11)12(15)16/h7-9H,1-5H2,(H,15,16). The van der Waals surface area contributed by atoms with Gasteiger partial charge in [-0.25, -0.2) is 9.78 Å². The van der Waals surface area contributed by atoms with Gasteiger partial charge in [-0.05, 0) is 18.8 Å². The number of carboxylic acids is 1. The maximum absolute atomic E-state index is 10.8. The third-order valence-electron chi connectivity index (χ3n) is 3.27. The Bertz CT molecular complexity index is 444. The van der Waals surface area contributed by atoms with Crippen LogP contribution in [0.4, 0.5) is 0 Å². The summed E-state index contributed by atoms with van der Waals surface area (Å²) in [7, 11) is 0. The predicted octanol–water partition coefficient (Wildman–Crippen LogP) is 3.03. The van der Waals surface area contributed by atoms with Crippen molar-refractivity contribution in [1.29, 1.82) is 5.26 Å². The van der Waals surface area contributed by atoms with Crippen molar-refractivity contribution < 1.29 is 9.90 Å². The minimum absolute atomic E-state index is 0.0565. The van der Waals surface area contributed by atoms with Gasteiger partial charge in [0.2, 0.25) is 0 Å². The van der Waals surface area contributed by atoms with Gasteiger partial charge in [-0.15, -0.1) is 11.3 Å². The molecule has 0 radical (unpaired) electrons. The molecule has 1 saturated carbocycles. The number of hydrogen-bond acceptors (Lipinski definition) is 4. The zero-order valence-corrected chi connectivity index (χ0v) is 10.2. The van der Waals surface area contributed by atoms with Crippen LogP contribution >= 0.6 is 11.3 Å². The second kappa shape index (κ2) is 5.28. The number of rotatable bonds is 3. The Morgan fingerprint density at radius 3 is 2.76 bits per heavy atom. The average Bonchev–Trinajstić information content (AvgIpc) is 2.81. The van der Waals surface area contributed by atoms with Crippen molar-refractivity contribution in [2.45, 2.75) is 38.0 Å². The van der Waals surface area contributed by atoms with E-state index in [9.17, 15) is 10.1 Å². The fourth-order valence-electron chi connectivity index (χ4n) is 2.36. The fraction of sp³-hybridized carbons (Fsp3) is 0.583. The number of carboxylic acid groups (broad SMARTS) is 1. The molecule has 5 heteroatoms. The maximum atomic E-state index is 10.8. The fourth-order valence-corrected chi connectivity index (χ4v) is 3.29. The van der Waals surface area contributed by atoms with E-state index >= 15 is 0 Å². The van der Waals surface area contributed by atoms with Crippen LogP contribution in [0.2, 0.25) is 0 Å². The van der Waals surface area contributed by atoms with E-state index < -0.39 is 5.97 Å². The van der Waals surface area contributed by atoms with Gasteiger partial charge in [0.1, 0.15) is 10.9 Å². The summed E-state index contributed by atoms with van der Waals surface area (Å²) < 4.78 is 0. The molecular formula is C12H14N2O2S.